The standard InChI is InChI=1S/C16H28N2O3/c1-3-15(8-9-15)10-17-14(21)18-11-16(13(19)20)6-4-12(2)5-7-16/h12H,3-11H2,1-2H3,(H,19,20)(H2,17,18,21). The summed E-state index contributed by atoms with van der Waals surface area (Å²) in [5, 5.41) is 15.2. The van der Waals surface area contributed by atoms with E-state index in [4.69, 9.17) is 0 Å². The van der Waals surface area contributed by atoms with Crippen LogP contribution in [0.1, 0.15) is 58.8 Å². The summed E-state index contributed by atoms with van der Waals surface area (Å²) in [7, 11) is 0. The molecule has 0 aromatic rings. The molecule has 0 aromatic carbocycles. The molecule has 0 bridgehead atoms. The van der Waals surface area contributed by atoms with Crippen molar-refractivity contribution in [2.24, 2.45) is 16.7 Å². The van der Waals surface area contributed by atoms with E-state index in [1.54, 1.807) is 0 Å². The average Bonchev–Trinajstić information content (AvgIpc) is 3.25. The van der Waals surface area contributed by atoms with Gasteiger partial charge in [0, 0.05) is 13.1 Å². The predicted molar refractivity (Wildman–Crippen MR) is 81.1 cm³/mol. The van der Waals surface area contributed by atoms with Crippen molar-refractivity contribution in [3.8, 4) is 0 Å². The van der Waals surface area contributed by atoms with E-state index in [2.05, 4.69) is 24.5 Å². The van der Waals surface area contributed by atoms with Crippen molar-refractivity contribution < 1.29 is 14.7 Å². The smallest absolute Gasteiger partial charge is 0.314 e. The monoisotopic (exact) mass is 296 g/mol. The Balaban J connectivity index is 1.79. The van der Waals surface area contributed by atoms with Crippen LogP contribution in [0.2, 0.25) is 0 Å². The zero-order valence-electron chi connectivity index (χ0n) is 13.2. The molecule has 2 aliphatic rings. The quantitative estimate of drug-likeness (QED) is 0.705. The van der Waals surface area contributed by atoms with E-state index in [1.165, 1.54) is 12.8 Å². The first-order valence-electron chi connectivity index (χ1n) is 8.16. The fraction of sp³-hybridized carbons (Fsp3) is 0.875. The molecule has 5 heteroatoms. The number of amides is 2. The third kappa shape index (κ3) is 3.89. The number of hydrogen-bond donors (Lipinski definition) is 3. The Kier molecular flexibility index (Phi) is 4.79. The number of nitrogens with one attached hydrogen (secondary N) is 2. The van der Waals surface area contributed by atoms with E-state index in [-0.39, 0.29) is 12.6 Å². The highest BCUT2D eigenvalue weighted by Gasteiger charge is 2.42. The van der Waals surface area contributed by atoms with Gasteiger partial charge in [0.2, 0.25) is 0 Å². The molecule has 21 heavy (non-hydrogen) atoms. The minimum Gasteiger partial charge on any atom is -0.481 e. The minimum absolute atomic E-state index is 0.228. The summed E-state index contributed by atoms with van der Waals surface area (Å²) in [6, 6.07) is -0.228. The summed E-state index contributed by atoms with van der Waals surface area (Å²) in [6.07, 6.45) is 6.61. The number of rotatable bonds is 6. The Morgan fingerprint density at radius 1 is 1.10 bits per heavy atom. The van der Waals surface area contributed by atoms with Gasteiger partial charge in [-0.3, -0.25) is 4.79 Å². The summed E-state index contributed by atoms with van der Waals surface area (Å²) >= 11 is 0. The maximum Gasteiger partial charge on any atom is 0.314 e. The van der Waals surface area contributed by atoms with Crippen molar-refractivity contribution in [2.75, 3.05) is 13.1 Å². The van der Waals surface area contributed by atoms with Gasteiger partial charge in [0.05, 0.1) is 5.41 Å². The molecule has 0 spiro atoms. The van der Waals surface area contributed by atoms with Crippen LogP contribution in [0.4, 0.5) is 4.79 Å². The van der Waals surface area contributed by atoms with Crippen LogP contribution in [0.15, 0.2) is 0 Å². The minimum atomic E-state index is -0.776. The Morgan fingerprint density at radius 2 is 1.67 bits per heavy atom. The fourth-order valence-electron chi connectivity index (χ4n) is 3.19. The molecule has 3 N–H and O–H groups in total. The Bertz CT molecular complexity index is 396. The van der Waals surface area contributed by atoms with Crippen LogP contribution in [0.5, 0.6) is 0 Å². The molecule has 0 atom stereocenters. The second kappa shape index (κ2) is 6.24. The maximum atomic E-state index is 11.9. The summed E-state index contributed by atoms with van der Waals surface area (Å²) in [6.45, 7) is 5.24. The molecular formula is C16H28N2O3. The summed E-state index contributed by atoms with van der Waals surface area (Å²) in [5.74, 6) is -0.187. The molecule has 2 rings (SSSR count). The molecule has 120 valence electrons. The highest BCUT2D eigenvalue weighted by Crippen LogP contribution is 2.47. The van der Waals surface area contributed by atoms with Crippen LogP contribution in [0.25, 0.3) is 0 Å². The third-order valence-corrected chi connectivity index (χ3v) is 5.60. The number of carboxylic acids is 1. The topological polar surface area (TPSA) is 78.4 Å². The van der Waals surface area contributed by atoms with Crippen LogP contribution in [-0.2, 0) is 4.79 Å². The molecule has 2 saturated carbocycles. The van der Waals surface area contributed by atoms with Crippen LogP contribution in [-0.4, -0.2) is 30.2 Å². The van der Waals surface area contributed by atoms with E-state index >= 15 is 0 Å². The molecule has 5 nitrogen and oxygen atoms in total. The van der Waals surface area contributed by atoms with Crippen molar-refractivity contribution in [1.82, 2.24) is 10.6 Å². The number of hydrogen-bond acceptors (Lipinski definition) is 2. The maximum absolute atomic E-state index is 11.9. The van der Waals surface area contributed by atoms with E-state index in [9.17, 15) is 14.7 Å². The summed E-state index contributed by atoms with van der Waals surface area (Å²) < 4.78 is 0. The van der Waals surface area contributed by atoms with Gasteiger partial charge in [-0.25, -0.2) is 4.79 Å². The average molecular weight is 296 g/mol. The molecule has 0 radical (unpaired) electrons. The van der Waals surface area contributed by atoms with Crippen LogP contribution in [0, 0.1) is 16.7 Å². The zero-order valence-corrected chi connectivity index (χ0v) is 13.2. The molecule has 0 heterocycles. The normalized spacial score (nSPS) is 30.5. The number of urea groups is 1. The van der Waals surface area contributed by atoms with E-state index < -0.39 is 11.4 Å². The summed E-state index contributed by atoms with van der Waals surface area (Å²) in [5.41, 5.74) is -0.464. The van der Waals surface area contributed by atoms with Gasteiger partial charge in [-0.15, -0.1) is 0 Å². The lowest BCUT2D eigenvalue weighted by Gasteiger charge is -2.35. The largest absolute Gasteiger partial charge is 0.481 e. The Morgan fingerprint density at radius 3 is 2.14 bits per heavy atom. The lowest BCUT2D eigenvalue weighted by molar-refractivity contribution is -0.151. The lowest BCUT2D eigenvalue weighted by Crippen LogP contribution is -2.48. The van der Waals surface area contributed by atoms with Crippen LogP contribution >= 0.6 is 0 Å². The van der Waals surface area contributed by atoms with Gasteiger partial charge in [0.1, 0.15) is 0 Å². The highest BCUT2D eigenvalue weighted by molar-refractivity contribution is 5.78. The van der Waals surface area contributed by atoms with Crippen molar-refractivity contribution in [1.29, 1.82) is 0 Å². The number of aliphatic carboxylic acids is 1. The molecule has 0 unspecified atom stereocenters. The lowest BCUT2D eigenvalue weighted by atomic mass is 9.71. The second-order valence-electron chi connectivity index (χ2n) is 7.16. The highest BCUT2D eigenvalue weighted by atomic mass is 16.4. The molecule has 2 fully saturated rings. The fourth-order valence-corrected chi connectivity index (χ4v) is 3.19. The number of carbonyl (C=O) groups is 2. The zero-order chi connectivity index (χ0) is 15.5. The SMILES string of the molecule is CCC1(CNC(=O)NCC2(C(=O)O)CCC(C)CC2)CC1. The van der Waals surface area contributed by atoms with E-state index in [1.807, 2.05) is 0 Å². The number of carboxylic acid groups (broad SMARTS) is 1. The van der Waals surface area contributed by atoms with Gasteiger partial charge in [-0.05, 0) is 56.3 Å². The third-order valence-electron chi connectivity index (χ3n) is 5.60. The Hall–Kier alpha value is -1.26. The molecule has 2 amide bonds. The first-order chi connectivity index (χ1) is 9.91. The van der Waals surface area contributed by atoms with Gasteiger partial charge >= 0.3 is 12.0 Å². The molecular weight excluding hydrogens is 268 g/mol. The predicted octanol–water partition coefficient (Wildman–Crippen LogP) is 2.76. The van der Waals surface area contributed by atoms with Gasteiger partial charge in [-0.2, -0.15) is 0 Å². The van der Waals surface area contributed by atoms with Gasteiger partial charge < -0.3 is 15.7 Å². The molecule has 2 aliphatic carbocycles. The van der Waals surface area contributed by atoms with Gasteiger partial charge in [0.25, 0.3) is 0 Å². The van der Waals surface area contributed by atoms with Crippen LogP contribution < -0.4 is 10.6 Å². The van der Waals surface area contributed by atoms with E-state index in [0.29, 0.717) is 30.7 Å². The first-order valence-corrected chi connectivity index (χ1v) is 8.16. The molecule has 0 aromatic heterocycles. The van der Waals surface area contributed by atoms with E-state index in [0.717, 1.165) is 19.3 Å². The molecule has 0 aliphatic heterocycles. The van der Waals surface area contributed by atoms with Crippen molar-refractivity contribution in [3.63, 3.8) is 0 Å². The Labute approximate surface area is 126 Å². The van der Waals surface area contributed by atoms with Gasteiger partial charge in [-0.1, -0.05) is 13.8 Å². The van der Waals surface area contributed by atoms with Crippen molar-refractivity contribution in [3.05, 3.63) is 0 Å². The first kappa shape index (κ1) is 16.1. The van der Waals surface area contributed by atoms with Crippen LogP contribution in [0.3, 0.4) is 0 Å². The van der Waals surface area contributed by atoms with Crippen molar-refractivity contribution >= 4 is 12.0 Å². The van der Waals surface area contributed by atoms with Crippen molar-refractivity contribution in [2.45, 2.75) is 58.8 Å². The van der Waals surface area contributed by atoms with Gasteiger partial charge in [0.15, 0.2) is 0 Å². The molecule has 0 saturated heterocycles. The summed E-state index contributed by atoms with van der Waals surface area (Å²) in [4.78, 5) is 23.5. The number of carbonyl (C=O) groups excluding carboxylic acids is 1. The second-order valence-corrected chi connectivity index (χ2v) is 7.16.